The van der Waals surface area contributed by atoms with Gasteiger partial charge in [-0.25, -0.2) is 0 Å². The Balaban J connectivity index is 3.38. The molecule has 0 fully saturated rings. The molecule has 0 saturated carbocycles. The lowest BCUT2D eigenvalue weighted by Crippen LogP contribution is -2.21. The molecule has 0 radical (unpaired) electrons. The van der Waals surface area contributed by atoms with E-state index in [-0.39, 0.29) is 6.61 Å². The van der Waals surface area contributed by atoms with Crippen molar-refractivity contribution in [3.63, 3.8) is 0 Å². The lowest BCUT2D eigenvalue weighted by Gasteiger charge is -2.08. The Morgan fingerprint density at radius 3 is 2.42 bits per heavy atom. The van der Waals surface area contributed by atoms with Gasteiger partial charge in [0.15, 0.2) is 0 Å². The van der Waals surface area contributed by atoms with Crippen LogP contribution >= 0.6 is 0 Å². The van der Waals surface area contributed by atoms with E-state index in [9.17, 15) is 9.59 Å². The molecule has 1 N–H and O–H groups in total. The number of likely N-dealkylation sites (N-methyl/N-ethyl adjacent to an activating group) is 1. The number of ether oxygens (including phenoxy) is 1. The minimum absolute atomic E-state index is 0.235. The molecule has 0 unspecified atom stereocenters. The van der Waals surface area contributed by atoms with Crippen molar-refractivity contribution in [1.82, 2.24) is 4.90 Å². The van der Waals surface area contributed by atoms with Gasteiger partial charge in [-0.3, -0.25) is 9.59 Å². The van der Waals surface area contributed by atoms with Crippen LogP contribution in [-0.4, -0.2) is 49.2 Å². The summed E-state index contributed by atoms with van der Waals surface area (Å²) in [5, 5.41) is 8.18. The third kappa shape index (κ3) is 7.01. The highest BCUT2D eigenvalue weighted by Crippen LogP contribution is 1.86. The van der Waals surface area contributed by atoms with Crippen LogP contribution in [0, 0.1) is 0 Å². The second-order valence-electron chi connectivity index (χ2n) is 2.59. The minimum atomic E-state index is -1.16. The van der Waals surface area contributed by atoms with E-state index >= 15 is 0 Å². The molecule has 0 rings (SSSR count). The topological polar surface area (TPSA) is 66.8 Å². The standard InChI is InChI=1S/C7H13NO4/c1-8(2)3-4-12-7(11)5-6(9)10/h3-5H2,1-2H3,(H,9,10). The first-order valence-electron chi connectivity index (χ1n) is 3.54. The summed E-state index contributed by atoms with van der Waals surface area (Å²) in [7, 11) is 3.68. The first-order chi connectivity index (χ1) is 5.52. The van der Waals surface area contributed by atoms with E-state index < -0.39 is 18.4 Å². The van der Waals surface area contributed by atoms with Crippen LogP contribution in [0.1, 0.15) is 6.42 Å². The van der Waals surface area contributed by atoms with E-state index in [2.05, 4.69) is 4.74 Å². The number of nitrogens with zero attached hydrogens (tertiary/aromatic N) is 1. The van der Waals surface area contributed by atoms with Gasteiger partial charge in [-0.05, 0) is 14.1 Å². The normalized spacial score (nSPS) is 9.92. The molecule has 5 heteroatoms. The highest BCUT2D eigenvalue weighted by Gasteiger charge is 2.07. The molecule has 0 aromatic rings. The highest BCUT2D eigenvalue weighted by atomic mass is 16.5. The van der Waals surface area contributed by atoms with Crippen molar-refractivity contribution in [2.75, 3.05) is 27.2 Å². The maximum absolute atomic E-state index is 10.6. The average molecular weight is 175 g/mol. The predicted molar refractivity (Wildman–Crippen MR) is 41.8 cm³/mol. The van der Waals surface area contributed by atoms with Crippen LogP contribution in [0.4, 0.5) is 0 Å². The zero-order valence-electron chi connectivity index (χ0n) is 7.24. The summed E-state index contributed by atoms with van der Waals surface area (Å²) in [5.41, 5.74) is 0. The first-order valence-corrected chi connectivity index (χ1v) is 3.54. The van der Waals surface area contributed by atoms with Crippen LogP contribution in [0.5, 0.6) is 0 Å². The summed E-state index contributed by atoms with van der Waals surface area (Å²) in [5.74, 6) is -1.85. The summed E-state index contributed by atoms with van der Waals surface area (Å²) in [6, 6.07) is 0. The van der Waals surface area contributed by atoms with Gasteiger partial charge in [-0.2, -0.15) is 0 Å². The fraction of sp³-hybridized carbons (Fsp3) is 0.714. The van der Waals surface area contributed by atoms with E-state index in [4.69, 9.17) is 5.11 Å². The molecule has 0 saturated heterocycles. The van der Waals surface area contributed by atoms with Gasteiger partial charge >= 0.3 is 11.9 Å². The van der Waals surface area contributed by atoms with E-state index in [1.807, 2.05) is 19.0 Å². The van der Waals surface area contributed by atoms with Crippen molar-refractivity contribution < 1.29 is 19.4 Å². The van der Waals surface area contributed by atoms with Gasteiger partial charge in [0.05, 0.1) is 0 Å². The SMILES string of the molecule is CN(C)CCOC(=O)CC(=O)O. The van der Waals surface area contributed by atoms with Crippen LogP contribution in [0.3, 0.4) is 0 Å². The molecule has 70 valence electrons. The van der Waals surface area contributed by atoms with Crippen molar-refractivity contribution in [2.45, 2.75) is 6.42 Å². The summed E-state index contributed by atoms with van der Waals surface area (Å²) >= 11 is 0. The maximum Gasteiger partial charge on any atom is 0.317 e. The number of aliphatic carboxylic acids is 1. The molecule has 0 heterocycles. The first kappa shape index (κ1) is 10.9. The quantitative estimate of drug-likeness (QED) is 0.453. The Morgan fingerprint density at radius 2 is 2.00 bits per heavy atom. The lowest BCUT2D eigenvalue weighted by molar-refractivity contribution is -0.151. The molecule has 0 aromatic heterocycles. The van der Waals surface area contributed by atoms with Gasteiger partial charge in [-0.1, -0.05) is 0 Å². The molecular formula is C7H13NO4. The third-order valence-corrected chi connectivity index (χ3v) is 1.10. The molecule has 0 spiro atoms. The summed E-state index contributed by atoms with van der Waals surface area (Å²) in [6.45, 7) is 0.838. The molecule has 5 nitrogen and oxygen atoms in total. The van der Waals surface area contributed by atoms with Gasteiger partial charge in [0.25, 0.3) is 0 Å². The predicted octanol–water partition coefficient (Wildman–Crippen LogP) is -0.434. The fourth-order valence-corrected chi connectivity index (χ4v) is 0.517. The molecule has 0 aliphatic rings. The van der Waals surface area contributed by atoms with Crippen molar-refractivity contribution in [3.8, 4) is 0 Å². The van der Waals surface area contributed by atoms with Crippen molar-refractivity contribution in [1.29, 1.82) is 0 Å². The summed E-state index contributed by atoms with van der Waals surface area (Å²) in [6.07, 6.45) is -0.562. The smallest absolute Gasteiger partial charge is 0.317 e. The number of rotatable bonds is 5. The number of carboxylic acid groups (broad SMARTS) is 1. The Morgan fingerprint density at radius 1 is 1.42 bits per heavy atom. The molecule has 0 amide bonds. The average Bonchev–Trinajstić information content (AvgIpc) is 1.84. The van der Waals surface area contributed by atoms with Gasteiger partial charge in [0.2, 0.25) is 0 Å². The van der Waals surface area contributed by atoms with E-state index in [1.165, 1.54) is 0 Å². The Hall–Kier alpha value is -1.10. The zero-order chi connectivity index (χ0) is 9.56. The molecule has 0 aromatic carbocycles. The van der Waals surface area contributed by atoms with Crippen molar-refractivity contribution in [3.05, 3.63) is 0 Å². The maximum atomic E-state index is 10.6. The minimum Gasteiger partial charge on any atom is -0.481 e. The molecule has 0 atom stereocenters. The number of hydrogen-bond acceptors (Lipinski definition) is 4. The van der Waals surface area contributed by atoms with Crippen molar-refractivity contribution >= 4 is 11.9 Å². The van der Waals surface area contributed by atoms with E-state index in [1.54, 1.807) is 0 Å². The number of carboxylic acids is 1. The molecular weight excluding hydrogens is 162 g/mol. The highest BCUT2D eigenvalue weighted by molar-refractivity contribution is 5.90. The van der Waals surface area contributed by atoms with Crippen LogP contribution in [0.2, 0.25) is 0 Å². The van der Waals surface area contributed by atoms with Crippen LogP contribution in [0.25, 0.3) is 0 Å². The van der Waals surface area contributed by atoms with E-state index in [0.717, 1.165) is 0 Å². The number of carbonyl (C=O) groups excluding carboxylic acids is 1. The Bertz CT molecular complexity index is 167. The number of hydrogen-bond donors (Lipinski definition) is 1. The monoisotopic (exact) mass is 175 g/mol. The zero-order valence-corrected chi connectivity index (χ0v) is 7.24. The number of esters is 1. The van der Waals surface area contributed by atoms with E-state index in [0.29, 0.717) is 6.54 Å². The molecule has 12 heavy (non-hydrogen) atoms. The van der Waals surface area contributed by atoms with Gasteiger partial charge in [0, 0.05) is 6.54 Å². The van der Waals surface area contributed by atoms with Crippen LogP contribution < -0.4 is 0 Å². The van der Waals surface area contributed by atoms with Crippen molar-refractivity contribution in [2.24, 2.45) is 0 Å². The lowest BCUT2D eigenvalue weighted by atomic mass is 10.4. The summed E-state index contributed by atoms with van der Waals surface area (Å²) < 4.78 is 4.60. The fourth-order valence-electron chi connectivity index (χ4n) is 0.517. The molecule has 0 bridgehead atoms. The largest absolute Gasteiger partial charge is 0.481 e. The third-order valence-electron chi connectivity index (χ3n) is 1.10. The van der Waals surface area contributed by atoms with Gasteiger partial charge < -0.3 is 14.7 Å². The summed E-state index contributed by atoms with van der Waals surface area (Å²) in [4.78, 5) is 22.5. The second-order valence-corrected chi connectivity index (χ2v) is 2.59. The molecule has 0 aliphatic heterocycles. The second kappa shape index (κ2) is 5.54. The van der Waals surface area contributed by atoms with Crippen LogP contribution in [0.15, 0.2) is 0 Å². The Kier molecular flexibility index (Phi) is 5.03. The van der Waals surface area contributed by atoms with Gasteiger partial charge in [0.1, 0.15) is 13.0 Å². The Labute approximate surface area is 70.9 Å². The number of carbonyl (C=O) groups is 2. The molecule has 0 aliphatic carbocycles. The van der Waals surface area contributed by atoms with Crippen LogP contribution in [-0.2, 0) is 14.3 Å². The van der Waals surface area contributed by atoms with Gasteiger partial charge in [-0.15, -0.1) is 0 Å².